The van der Waals surface area contributed by atoms with Crippen LogP contribution in [0.5, 0.6) is 0 Å². The lowest BCUT2D eigenvalue weighted by atomic mass is 9.74. The van der Waals surface area contributed by atoms with E-state index in [1.165, 1.54) is 11.1 Å². The Morgan fingerprint density at radius 2 is 1.90 bits per heavy atom. The predicted octanol–water partition coefficient (Wildman–Crippen LogP) is 3.27. The minimum absolute atomic E-state index is 0.121. The summed E-state index contributed by atoms with van der Waals surface area (Å²) < 4.78 is 0. The van der Waals surface area contributed by atoms with Gasteiger partial charge in [0.1, 0.15) is 0 Å². The Kier molecular flexibility index (Phi) is 4.48. The van der Waals surface area contributed by atoms with Gasteiger partial charge in [-0.05, 0) is 69.0 Å². The third kappa shape index (κ3) is 3.40. The molecule has 110 valence electrons. The van der Waals surface area contributed by atoms with E-state index in [9.17, 15) is 4.79 Å². The van der Waals surface area contributed by atoms with Gasteiger partial charge in [-0.3, -0.25) is 4.79 Å². The Labute approximate surface area is 122 Å². The van der Waals surface area contributed by atoms with E-state index in [0.29, 0.717) is 5.92 Å². The predicted molar refractivity (Wildman–Crippen MR) is 83.9 cm³/mol. The molecule has 1 aromatic rings. The average molecular weight is 274 g/mol. The summed E-state index contributed by atoms with van der Waals surface area (Å²) in [5.41, 5.74) is 2.92. The fourth-order valence-corrected chi connectivity index (χ4v) is 2.99. The van der Waals surface area contributed by atoms with Crippen molar-refractivity contribution in [1.82, 2.24) is 5.32 Å². The summed E-state index contributed by atoms with van der Waals surface area (Å²) in [6.45, 7) is 10.2. The van der Waals surface area contributed by atoms with Crippen LogP contribution in [0.4, 0.5) is 5.69 Å². The van der Waals surface area contributed by atoms with E-state index in [4.69, 9.17) is 0 Å². The first-order chi connectivity index (χ1) is 9.39. The van der Waals surface area contributed by atoms with Crippen molar-refractivity contribution in [2.75, 3.05) is 18.4 Å². The second kappa shape index (κ2) is 5.96. The van der Waals surface area contributed by atoms with Crippen molar-refractivity contribution in [3.63, 3.8) is 0 Å². The van der Waals surface area contributed by atoms with Gasteiger partial charge in [0.2, 0.25) is 5.91 Å². The molecule has 1 aliphatic heterocycles. The van der Waals surface area contributed by atoms with Crippen LogP contribution in [0.25, 0.3) is 0 Å². The number of anilines is 1. The second-order valence-electron chi connectivity index (χ2n) is 6.60. The smallest absolute Gasteiger partial charge is 0.230 e. The minimum atomic E-state index is -0.342. The van der Waals surface area contributed by atoms with Crippen LogP contribution in [0.2, 0.25) is 0 Å². The van der Waals surface area contributed by atoms with Gasteiger partial charge >= 0.3 is 0 Å². The zero-order valence-corrected chi connectivity index (χ0v) is 13.0. The third-order valence-electron chi connectivity index (χ3n) is 4.38. The Morgan fingerprint density at radius 1 is 1.25 bits per heavy atom. The molecule has 20 heavy (non-hydrogen) atoms. The highest BCUT2D eigenvalue weighted by atomic mass is 16.2. The average Bonchev–Trinajstić information content (AvgIpc) is 2.38. The van der Waals surface area contributed by atoms with Crippen molar-refractivity contribution < 1.29 is 4.79 Å². The molecular formula is C17H26N2O. The third-order valence-corrected chi connectivity index (χ3v) is 4.38. The topological polar surface area (TPSA) is 41.1 Å². The number of piperidine rings is 1. The van der Waals surface area contributed by atoms with Crippen LogP contribution in [0.15, 0.2) is 18.2 Å². The van der Waals surface area contributed by atoms with Gasteiger partial charge in [-0.15, -0.1) is 0 Å². The second-order valence-corrected chi connectivity index (χ2v) is 6.60. The molecule has 1 unspecified atom stereocenters. The Balaban J connectivity index is 2.09. The molecule has 2 N–H and O–H groups in total. The van der Waals surface area contributed by atoms with Crippen LogP contribution in [0, 0.1) is 25.2 Å². The number of carbonyl (C=O) groups excluding carboxylic acids is 1. The fraction of sp³-hybridized carbons (Fsp3) is 0.588. The van der Waals surface area contributed by atoms with E-state index in [2.05, 4.69) is 44.4 Å². The lowest BCUT2D eigenvalue weighted by Gasteiger charge is -2.36. The van der Waals surface area contributed by atoms with E-state index in [1.54, 1.807) is 0 Å². The maximum absolute atomic E-state index is 12.6. The molecule has 0 radical (unpaired) electrons. The summed E-state index contributed by atoms with van der Waals surface area (Å²) in [5.74, 6) is 0.526. The highest BCUT2D eigenvalue weighted by Crippen LogP contribution is 2.33. The molecule has 0 saturated carbocycles. The van der Waals surface area contributed by atoms with Crippen molar-refractivity contribution in [2.45, 2.75) is 40.5 Å². The summed E-state index contributed by atoms with van der Waals surface area (Å²) in [7, 11) is 0. The van der Waals surface area contributed by atoms with E-state index < -0.39 is 0 Å². The Bertz CT molecular complexity index is 468. The molecule has 3 heteroatoms. The fourth-order valence-electron chi connectivity index (χ4n) is 2.99. The number of hydrogen-bond acceptors (Lipinski definition) is 2. The monoisotopic (exact) mass is 274 g/mol. The van der Waals surface area contributed by atoms with Crippen LogP contribution in [0.1, 0.15) is 37.8 Å². The van der Waals surface area contributed by atoms with E-state index in [-0.39, 0.29) is 11.3 Å². The largest absolute Gasteiger partial charge is 0.326 e. The lowest BCUT2D eigenvalue weighted by Crippen LogP contribution is -2.44. The van der Waals surface area contributed by atoms with Gasteiger partial charge < -0.3 is 10.6 Å². The molecule has 3 nitrogen and oxygen atoms in total. The number of rotatable bonds is 3. The first kappa shape index (κ1) is 15.0. The highest BCUT2D eigenvalue weighted by Gasteiger charge is 2.37. The van der Waals surface area contributed by atoms with Crippen LogP contribution in [-0.4, -0.2) is 19.0 Å². The number of hydrogen-bond donors (Lipinski definition) is 2. The number of benzene rings is 1. The van der Waals surface area contributed by atoms with Gasteiger partial charge in [-0.2, -0.15) is 0 Å². The SMILES string of the molecule is Cc1cc(C)cc(NC(=O)C(C)(C)C2CCCNC2)c1. The molecular weight excluding hydrogens is 248 g/mol. The molecule has 1 atom stereocenters. The standard InChI is InChI=1S/C17H26N2O/c1-12-8-13(2)10-15(9-12)19-16(20)17(3,4)14-6-5-7-18-11-14/h8-10,14,18H,5-7,11H2,1-4H3,(H,19,20). The van der Waals surface area contributed by atoms with E-state index in [0.717, 1.165) is 31.6 Å². The highest BCUT2D eigenvalue weighted by molar-refractivity contribution is 5.95. The summed E-state index contributed by atoms with van der Waals surface area (Å²) in [6.07, 6.45) is 2.28. The molecule has 1 aromatic carbocycles. The number of amides is 1. The van der Waals surface area contributed by atoms with Crippen molar-refractivity contribution >= 4 is 11.6 Å². The minimum Gasteiger partial charge on any atom is -0.326 e. The normalized spacial score (nSPS) is 19.7. The van der Waals surface area contributed by atoms with Gasteiger partial charge in [0, 0.05) is 11.1 Å². The number of aryl methyl sites for hydroxylation is 2. The van der Waals surface area contributed by atoms with Gasteiger partial charge in [0.15, 0.2) is 0 Å². The maximum atomic E-state index is 12.6. The quantitative estimate of drug-likeness (QED) is 0.888. The van der Waals surface area contributed by atoms with Crippen molar-refractivity contribution in [1.29, 1.82) is 0 Å². The van der Waals surface area contributed by atoms with Crippen LogP contribution in [-0.2, 0) is 4.79 Å². The zero-order chi connectivity index (χ0) is 14.8. The first-order valence-corrected chi connectivity index (χ1v) is 7.50. The summed E-state index contributed by atoms with van der Waals surface area (Å²) in [4.78, 5) is 12.6. The zero-order valence-electron chi connectivity index (χ0n) is 13.0. The molecule has 2 rings (SSSR count). The molecule has 0 aromatic heterocycles. The number of carbonyl (C=O) groups is 1. The van der Waals surface area contributed by atoms with E-state index in [1.807, 2.05) is 12.1 Å². The molecule has 1 aliphatic rings. The summed E-state index contributed by atoms with van der Waals surface area (Å²) in [5, 5.41) is 6.49. The summed E-state index contributed by atoms with van der Waals surface area (Å²) >= 11 is 0. The van der Waals surface area contributed by atoms with Crippen LogP contribution < -0.4 is 10.6 Å². The van der Waals surface area contributed by atoms with Crippen LogP contribution in [0.3, 0.4) is 0 Å². The molecule has 1 fully saturated rings. The molecule has 0 spiro atoms. The number of nitrogens with one attached hydrogen (secondary N) is 2. The van der Waals surface area contributed by atoms with Crippen molar-refractivity contribution in [2.24, 2.45) is 11.3 Å². The molecule has 1 saturated heterocycles. The Morgan fingerprint density at radius 3 is 2.45 bits per heavy atom. The van der Waals surface area contributed by atoms with Gasteiger partial charge in [0.05, 0.1) is 0 Å². The van der Waals surface area contributed by atoms with Crippen molar-refractivity contribution in [3.05, 3.63) is 29.3 Å². The molecule has 0 bridgehead atoms. The van der Waals surface area contributed by atoms with Crippen LogP contribution >= 0.6 is 0 Å². The molecule has 1 heterocycles. The first-order valence-electron chi connectivity index (χ1n) is 7.50. The molecule has 1 amide bonds. The molecule has 0 aliphatic carbocycles. The Hall–Kier alpha value is -1.35. The van der Waals surface area contributed by atoms with Gasteiger partial charge in [0.25, 0.3) is 0 Å². The lowest BCUT2D eigenvalue weighted by molar-refractivity contribution is -0.127. The maximum Gasteiger partial charge on any atom is 0.230 e. The van der Waals surface area contributed by atoms with Gasteiger partial charge in [-0.25, -0.2) is 0 Å². The van der Waals surface area contributed by atoms with E-state index >= 15 is 0 Å². The van der Waals surface area contributed by atoms with Gasteiger partial charge in [-0.1, -0.05) is 19.9 Å². The van der Waals surface area contributed by atoms with Crippen molar-refractivity contribution in [3.8, 4) is 0 Å². The summed E-state index contributed by atoms with van der Waals surface area (Å²) in [6, 6.07) is 6.17.